The summed E-state index contributed by atoms with van der Waals surface area (Å²) < 4.78 is 2.78. The van der Waals surface area contributed by atoms with Crippen LogP contribution in [0.3, 0.4) is 0 Å². The number of rotatable bonds is 3. The smallest absolute Gasteiger partial charge is 0.0749 e. The highest BCUT2D eigenvalue weighted by Gasteiger charge is 2.19. The predicted octanol–water partition coefficient (Wildman–Crippen LogP) is 3.37. The molecular formula is C12H13BrClN3. The molecular weight excluding hydrogens is 302 g/mol. The van der Waals surface area contributed by atoms with Crippen LogP contribution in [0.25, 0.3) is 0 Å². The van der Waals surface area contributed by atoms with Gasteiger partial charge in [0.25, 0.3) is 0 Å². The zero-order valence-corrected chi connectivity index (χ0v) is 11.7. The minimum absolute atomic E-state index is 0.277. The van der Waals surface area contributed by atoms with E-state index in [1.54, 1.807) is 6.20 Å². The molecule has 0 amide bonds. The van der Waals surface area contributed by atoms with E-state index >= 15 is 0 Å². The summed E-state index contributed by atoms with van der Waals surface area (Å²) in [5.74, 6) is 0. The minimum atomic E-state index is -0.277. The van der Waals surface area contributed by atoms with Crippen LogP contribution in [0.5, 0.6) is 0 Å². The van der Waals surface area contributed by atoms with Crippen LogP contribution in [-0.2, 0) is 6.54 Å². The Hall–Kier alpha value is -0.840. The Bertz CT molecular complexity index is 524. The van der Waals surface area contributed by atoms with Gasteiger partial charge in [-0.3, -0.25) is 4.68 Å². The van der Waals surface area contributed by atoms with Crippen molar-refractivity contribution in [2.45, 2.75) is 19.5 Å². The van der Waals surface area contributed by atoms with Crippen LogP contribution >= 0.6 is 27.5 Å². The molecule has 0 bridgehead atoms. The fraction of sp³-hybridized carbons (Fsp3) is 0.250. The highest BCUT2D eigenvalue weighted by atomic mass is 79.9. The highest BCUT2D eigenvalue weighted by Crippen LogP contribution is 2.30. The quantitative estimate of drug-likeness (QED) is 0.944. The van der Waals surface area contributed by atoms with E-state index in [0.717, 1.165) is 22.3 Å². The third kappa shape index (κ3) is 2.39. The van der Waals surface area contributed by atoms with E-state index in [2.05, 4.69) is 21.0 Å². The SMILES string of the molecule is CCn1ncc(Br)c1C(N)c1ccccc1Cl. The van der Waals surface area contributed by atoms with Gasteiger partial charge in [0, 0.05) is 11.6 Å². The van der Waals surface area contributed by atoms with Gasteiger partial charge in [0.1, 0.15) is 0 Å². The van der Waals surface area contributed by atoms with Crippen LogP contribution in [-0.4, -0.2) is 9.78 Å². The van der Waals surface area contributed by atoms with Crippen molar-refractivity contribution < 1.29 is 0 Å². The van der Waals surface area contributed by atoms with Crippen LogP contribution in [0.1, 0.15) is 24.2 Å². The van der Waals surface area contributed by atoms with Crippen molar-refractivity contribution in [2.75, 3.05) is 0 Å². The van der Waals surface area contributed by atoms with E-state index in [9.17, 15) is 0 Å². The van der Waals surface area contributed by atoms with Gasteiger partial charge >= 0.3 is 0 Å². The van der Waals surface area contributed by atoms with Gasteiger partial charge in [-0.2, -0.15) is 5.10 Å². The van der Waals surface area contributed by atoms with E-state index in [4.69, 9.17) is 17.3 Å². The fourth-order valence-electron chi connectivity index (χ4n) is 1.81. The van der Waals surface area contributed by atoms with Crippen LogP contribution in [0.4, 0.5) is 0 Å². The third-order valence-electron chi connectivity index (χ3n) is 2.67. The monoisotopic (exact) mass is 313 g/mol. The molecule has 0 fully saturated rings. The van der Waals surface area contributed by atoms with Gasteiger partial charge in [0.2, 0.25) is 0 Å². The van der Waals surface area contributed by atoms with Crippen molar-refractivity contribution in [3.05, 3.63) is 51.2 Å². The van der Waals surface area contributed by atoms with Crippen LogP contribution in [0.2, 0.25) is 5.02 Å². The lowest BCUT2D eigenvalue weighted by Gasteiger charge is -2.15. The molecule has 0 aliphatic carbocycles. The second kappa shape index (κ2) is 5.21. The van der Waals surface area contributed by atoms with Gasteiger partial charge in [0.05, 0.1) is 22.4 Å². The largest absolute Gasteiger partial charge is 0.319 e. The molecule has 0 saturated heterocycles. The lowest BCUT2D eigenvalue weighted by Crippen LogP contribution is -2.18. The summed E-state index contributed by atoms with van der Waals surface area (Å²) in [5, 5.41) is 4.93. The number of hydrogen-bond acceptors (Lipinski definition) is 2. The fourth-order valence-corrected chi connectivity index (χ4v) is 2.60. The molecule has 0 aliphatic rings. The van der Waals surface area contributed by atoms with Gasteiger partial charge < -0.3 is 5.73 Å². The molecule has 17 heavy (non-hydrogen) atoms. The second-order valence-electron chi connectivity index (χ2n) is 3.69. The Balaban J connectivity index is 2.47. The molecule has 2 aromatic rings. The molecule has 2 N–H and O–H groups in total. The maximum Gasteiger partial charge on any atom is 0.0749 e. The zero-order chi connectivity index (χ0) is 12.4. The van der Waals surface area contributed by atoms with Crippen molar-refractivity contribution in [2.24, 2.45) is 5.73 Å². The Labute approximate surface area is 114 Å². The average molecular weight is 315 g/mol. The highest BCUT2D eigenvalue weighted by molar-refractivity contribution is 9.10. The van der Waals surface area contributed by atoms with Gasteiger partial charge in [0.15, 0.2) is 0 Å². The summed E-state index contributed by atoms with van der Waals surface area (Å²) in [4.78, 5) is 0. The molecule has 90 valence electrons. The summed E-state index contributed by atoms with van der Waals surface area (Å²) in [7, 11) is 0. The molecule has 1 heterocycles. The molecule has 1 atom stereocenters. The second-order valence-corrected chi connectivity index (χ2v) is 4.95. The minimum Gasteiger partial charge on any atom is -0.319 e. The van der Waals surface area contributed by atoms with Crippen LogP contribution in [0, 0.1) is 0 Å². The predicted molar refractivity (Wildman–Crippen MR) is 73.1 cm³/mol. The van der Waals surface area contributed by atoms with E-state index < -0.39 is 0 Å². The Morgan fingerprint density at radius 1 is 1.47 bits per heavy atom. The van der Waals surface area contributed by atoms with E-state index in [1.807, 2.05) is 35.9 Å². The van der Waals surface area contributed by atoms with Crippen molar-refractivity contribution in [3.63, 3.8) is 0 Å². The number of halogens is 2. The standard InChI is InChI=1S/C12H13BrClN3/c1-2-17-12(9(13)7-16-17)11(15)8-5-3-4-6-10(8)14/h3-7,11H,2,15H2,1H3. The molecule has 2 rings (SSSR count). The van der Waals surface area contributed by atoms with Crippen LogP contribution in [0.15, 0.2) is 34.9 Å². The van der Waals surface area contributed by atoms with Gasteiger partial charge in [-0.25, -0.2) is 0 Å². The lowest BCUT2D eigenvalue weighted by atomic mass is 10.0. The van der Waals surface area contributed by atoms with Crippen molar-refractivity contribution in [1.82, 2.24) is 9.78 Å². The number of nitrogens with zero attached hydrogens (tertiary/aromatic N) is 2. The first-order chi connectivity index (χ1) is 8.15. The molecule has 1 aromatic carbocycles. The molecule has 0 radical (unpaired) electrons. The van der Waals surface area contributed by atoms with Gasteiger partial charge in [-0.1, -0.05) is 29.8 Å². The van der Waals surface area contributed by atoms with Crippen molar-refractivity contribution >= 4 is 27.5 Å². The Kier molecular flexibility index (Phi) is 3.86. The van der Waals surface area contributed by atoms with E-state index in [-0.39, 0.29) is 6.04 Å². The Morgan fingerprint density at radius 3 is 2.82 bits per heavy atom. The first-order valence-electron chi connectivity index (χ1n) is 5.36. The number of nitrogens with two attached hydrogens (primary N) is 1. The topological polar surface area (TPSA) is 43.8 Å². The lowest BCUT2D eigenvalue weighted by molar-refractivity contribution is 0.599. The average Bonchev–Trinajstić information content (AvgIpc) is 2.70. The van der Waals surface area contributed by atoms with E-state index in [1.165, 1.54) is 0 Å². The summed E-state index contributed by atoms with van der Waals surface area (Å²) in [6, 6.07) is 7.33. The maximum absolute atomic E-state index is 6.26. The molecule has 1 unspecified atom stereocenters. The first kappa shape index (κ1) is 12.6. The molecule has 3 nitrogen and oxygen atoms in total. The van der Waals surface area contributed by atoms with Crippen molar-refractivity contribution in [1.29, 1.82) is 0 Å². The maximum atomic E-state index is 6.26. The molecule has 0 aliphatic heterocycles. The van der Waals surface area contributed by atoms with Crippen molar-refractivity contribution in [3.8, 4) is 0 Å². The number of aryl methyl sites for hydroxylation is 1. The zero-order valence-electron chi connectivity index (χ0n) is 9.40. The third-order valence-corrected chi connectivity index (χ3v) is 3.62. The number of benzene rings is 1. The van der Waals surface area contributed by atoms with E-state index in [0.29, 0.717) is 5.02 Å². The summed E-state index contributed by atoms with van der Waals surface area (Å²) >= 11 is 9.63. The van der Waals surface area contributed by atoms with Gasteiger partial charge in [-0.05, 0) is 34.5 Å². The summed E-state index contributed by atoms with van der Waals surface area (Å²) in [6.07, 6.45) is 1.76. The normalized spacial score (nSPS) is 12.7. The molecule has 0 saturated carbocycles. The molecule has 5 heteroatoms. The molecule has 0 spiro atoms. The molecule has 1 aromatic heterocycles. The Morgan fingerprint density at radius 2 is 2.18 bits per heavy atom. The number of aromatic nitrogens is 2. The number of hydrogen-bond donors (Lipinski definition) is 1. The van der Waals surface area contributed by atoms with Gasteiger partial charge in [-0.15, -0.1) is 0 Å². The first-order valence-corrected chi connectivity index (χ1v) is 6.53. The summed E-state index contributed by atoms with van der Waals surface area (Å²) in [5.41, 5.74) is 8.12. The summed E-state index contributed by atoms with van der Waals surface area (Å²) in [6.45, 7) is 2.81. The van der Waals surface area contributed by atoms with Crippen LogP contribution < -0.4 is 5.73 Å².